The van der Waals surface area contributed by atoms with Gasteiger partial charge in [0.05, 0.1) is 16.6 Å². The maximum Gasteiger partial charge on any atom is 0.219 e. The second kappa shape index (κ2) is 6.30. The summed E-state index contributed by atoms with van der Waals surface area (Å²) >= 11 is 0. The Labute approximate surface area is 162 Å². The number of fused-ring (bicyclic) bond motifs is 1. The Morgan fingerprint density at radius 2 is 1.64 bits per heavy atom. The van der Waals surface area contributed by atoms with Crippen LogP contribution in [0.2, 0.25) is 0 Å². The molecule has 6 nitrogen and oxygen atoms in total. The van der Waals surface area contributed by atoms with E-state index in [0.717, 1.165) is 22.2 Å². The van der Waals surface area contributed by atoms with Gasteiger partial charge in [0.25, 0.3) is 0 Å². The zero-order valence-corrected chi connectivity index (χ0v) is 15.9. The maximum absolute atomic E-state index is 14.6. The van der Waals surface area contributed by atoms with Crippen LogP contribution in [-0.4, -0.2) is 19.5 Å². The van der Waals surface area contributed by atoms with Crippen LogP contribution in [0.15, 0.2) is 48.8 Å². The van der Waals surface area contributed by atoms with E-state index in [4.69, 9.17) is 16.5 Å². The first kappa shape index (κ1) is 17.9. The number of rotatable bonds is 2. The van der Waals surface area contributed by atoms with Crippen molar-refractivity contribution >= 4 is 22.7 Å². The van der Waals surface area contributed by atoms with Crippen LogP contribution >= 0.6 is 0 Å². The van der Waals surface area contributed by atoms with E-state index in [0.29, 0.717) is 17.1 Å². The van der Waals surface area contributed by atoms with Crippen molar-refractivity contribution in [3.05, 3.63) is 54.6 Å². The Morgan fingerprint density at radius 3 is 2.32 bits per heavy atom. The highest BCUT2D eigenvalue weighted by atomic mass is 19.1. The molecule has 0 saturated carbocycles. The van der Waals surface area contributed by atoms with E-state index < -0.39 is 0 Å². The lowest BCUT2D eigenvalue weighted by Crippen LogP contribution is -2.22. The monoisotopic (exact) mass is 376 g/mol. The van der Waals surface area contributed by atoms with Crippen LogP contribution in [0.5, 0.6) is 0 Å². The molecule has 0 saturated heterocycles. The number of benzene rings is 2. The van der Waals surface area contributed by atoms with Crippen molar-refractivity contribution in [2.45, 2.75) is 26.3 Å². The predicted molar refractivity (Wildman–Crippen MR) is 110 cm³/mol. The largest absolute Gasteiger partial charge is 0.399 e. The fourth-order valence-corrected chi connectivity index (χ4v) is 3.32. The van der Waals surface area contributed by atoms with Gasteiger partial charge >= 0.3 is 0 Å². The lowest BCUT2D eigenvalue weighted by Gasteiger charge is -2.25. The molecule has 4 aromatic rings. The van der Waals surface area contributed by atoms with Crippen molar-refractivity contribution in [1.29, 1.82) is 0 Å². The maximum atomic E-state index is 14.6. The fourth-order valence-electron chi connectivity index (χ4n) is 3.32. The molecule has 0 aliphatic carbocycles. The highest BCUT2D eigenvalue weighted by Gasteiger charge is 2.24. The Balaban J connectivity index is 1.97. The first-order valence-electron chi connectivity index (χ1n) is 8.90. The molecule has 4 N–H and O–H groups in total. The number of halogens is 1. The van der Waals surface area contributed by atoms with Gasteiger partial charge in [0.2, 0.25) is 5.95 Å². The number of nitrogens with zero attached hydrogens (tertiary/aromatic N) is 4. The van der Waals surface area contributed by atoms with Crippen LogP contribution in [0.4, 0.5) is 16.0 Å². The van der Waals surface area contributed by atoms with Crippen LogP contribution in [0.1, 0.15) is 20.8 Å². The Hall–Kier alpha value is -3.48. The highest BCUT2D eigenvalue weighted by Crippen LogP contribution is 2.34. The third-order valence-corrected chi connectivity index (χ3v) is 4.56. The van der Waals surface area contributed by atoms with Gasteiger partial charge in [0, 0.05) is 29.2 Å². The molecule has 0 bridgehead atoms. The van der Waals surface area contributed by atoms with Crippen molar-refractivity contribution in [3.63, 3.8) is 0 Å². The van der Waals surface area contributed by atoms with Crippen molar-refractivity contribution in [2.24, 2.45) is 0 Å². The lowest BCUT2D eigenvalue weighted by atomic mass is 10.1. The Morgan fingerprint density at radius 1 is 0.929 bits per heavy atom. The number of hydrogen-bond donors (Lipinski definition) is 2. The van der Waals surface area contributed by atoms with Crippen molar-refractivity contribution in [3.8, 4) is 22.5 Å². The molecule has 0 radical (unpaired) electrons. The average molecular weight is 376 g/mol. The number of anilines is 2. The predicted octanol–water partition coefficient (Wildman–Crippen LogP) is 4.22. The summed E-state index contributed by atoms with van der Waals surface area (Å²) in [7, 11) is 0. The van der Waals surface area contributed by atoms with Crippen LogP contribution in [0.25, 0.3) is 33.5 Å². The number of nitrogen functional groups attached to an aromatic ring is 2. The van der Waals surface area contributed by atoms with Gasteiger partial charge in [0.15, 0.2) is 0 Å². The minimum atomic E-state index is -0.359. The molecule has 0 aliphatic rings. The SMILES string of the molecule is CC(C)(C)n1c(-c2cc(N)ccc2F)nc2cc(-c3cnc(N)nc3)ccc21. The number of aromatic nitrogens is 4. The third kappa shape index (κ3) is 3.05. The number of imidazole rings is 1. The summed E-state index contributed by atoms with van der Waals surface area (Å²) in [4.78, 5) is 12.8. The van der Waals surface area contributed by atoms with Gasteiger partial charge in [-0.15, -0.1) is 0 Å². The van der Waals surface area contributed by atoms with Gasteiger partial charge in [-0.3, -0.25) is 0 Å². The molecular formula is C21H21FN6. The molecule has 0 unspecified atom stereocenters. The molecule has 2 aromatic carbocycles. The summed E-state index contributed by atoms with van der Waals surface area (Å²) in [5, 5.41) is 0. The Kier molecular flexibility index (Phi) is 4.03. The highest BCUT2D eigenvalue weighted by molar-refractivity contribution is 5.86. The molecule has 142 valence electrons. The number of nitrogens with two attached hydrogens (primary N) is 2. The lowest BCUT2D eigenvalue weighted by molar-refractivity contribution is 0.412. The van der Waals surface area contributed by atoms with Gasteiger partial charge in [-0.25, -0.2) is 19.3 Å². The first-order valence-corrected chi connectivity index (χ1v) is 8.90. The smallest absolute Gasteiger partial charge is 0.219 e. The van der Waals surface area contributed by atoms with Gasteiger partial charge in [-0.2, -0.15) is 0 Å². The minimum absolute atomic E-state index is 0.223. The van der Waals surface area contributed by atoms with Gasteiger partial charge in [-0.05, 0) is 56.7 Å². The van der Waals surface area contributed by atoms with E-state index in [1.807, 2.05) is 22.8 Å². The molecule has 0 aliphatic heterocycles. The van der Waals surface area contributed by atoms with E-state index in [1.165, 1.54) is 6.07 Å². The fraction of sp³-hybridized carbons (Fsp3) is 0.190. The summed E-state index contributed by atoms with van der Waals surface area (Å²) in [5.74, 6) is 0.404. The second-order valence-corrected chi connectivity index (χ2v) is 7.71. The molecular weight excluding hydrogens is 355 g/mol. The molecule has 4 rings (SSSR count). The molecule has 0 atom stereocenters. The summed E-state index contributed by atoms with van der Waals surface area (Å²) < 4.78 is 16.6. The normalized spacial score (nSPS) is 11.9. The summed E-state index contributed by atoms with van der Waals surface area (Å²) in [6, 6.07) is 10.4. The zero-order chi connectivity index (χ0) is 20.1. The molecule has 0 fully saturated rings. The van der Waals surface area contributed by atoms with E-state index in [1.54, 1.807) is 24.5 Å². The molecule has 28 heavy (non-hydrogen) atoms. The Bertz CT molecular complexity index is 1170. The van der Waals surface area contributed by atoms with Gasteiger partial charge in [-0.1, -0.05) is 6.07 Å². The van der Waals surface area contributed by atoms with Crippen molar-refractivity contribution in [2.75, 3.05) is 11.5 Å². The van der Waals surface area contributed by atoms with Gasteiger partial charge < -0.3 is 16.0 Å². The minimum Gasteiger partial charge on any atom is -0.399 e. The standard InChI is InChI=1S/C21H21FN6/c1-21(2,3)28-18-7-4-12(13-10-25-20(24)26-11-13)8-17(18)27-19(28)15-9-14(23)5-6-16(15)22/h4-11H,23H2,1-3H3,(H2,24,25,26). The van der Waals surface area contributed by atoms with Crippen LogP contribution < -0.4 is 11.5 Å². The van der Waals surface area contributed by atoms with E-state index in [-0.39, 0.29) is 17.3 Å². The molecule has 2 aromatic heterocycles. The molecule has 0 amide bonds. The zero-order valence-electron chi connectivity index (χ0n) is 15.9. The first-order chi connectivity index (χ1) is 13.2. The average Bonchev–Trinajstić information content (AvgIpc) is 3.03. The van der Waals surface area contributed by atoms with Crippen LogP contribution in [-0.2, 0) is 5.54 Å². The quantitative estimate of drug-likeness (QED) is 0.511. The van der Waals surface area contributed by atoms with Crippen LogP contribution in [0.3, 0.4) is 0 Å². The topological polar surface area (TPSA) is 95.6 Å². The van der Waals surface area contributed by atoms with E-state index in [2.05, 4.69) is 30.7 Å². The van der Waals surface area contributed by atoms with E-state index in [9.17, 15) is 4.39 Å². The van der Waals surface area contributed by atoms with Crippen molar-refractivity contribution in [1.82, 2.24) is 19.5 Å². The summed E-state index contributed by atoms with van der Waals surface area (Å²) in [5.41, 5.74) is 15.4. The summed E-state index contributed by atoms with van der Waals surface area (Å²) in [6.45, 7) is 6.18. The number of hydrogen-bond acceptors (Lipinski definition) is 5. The molecule has 2 heterocycles. The van der Waals surface area contributed by atoms with Crippen molar-refractivity contribution < 1.29 is 4.39 Å². The second-order valence-electron chi connectivity index (χ2n) is 7.71. The van der Waals surface area contributed by atoms with E-state index >= 15 is 0 Å². The summed E-state index contributed by atoms with van der Waals surface area (Å²) in [6.07, 6.45) is 3.34. The molecule has 7 heteroatoms. The van der Waals surface area contributed by atoms with Crippen LogP contribution in [0, 0.1) is 5.82 Å². The third-order valence-electron chi connectivity index (χ3n) is 4.56. The van der Waals surface area contributed by atoms with Gasteiger partial charge in [0.1, 0.15) is 11.6 Å². The molecule has 0 spiro atoms.